The van der Waals surface area contributed by atoms with Crippen LogP contribution in [0.4, 0.5) is 0 Å². The van der Waals surface area contributed by atoms with E-state index in [2.05, 4.69) is 11.9 Å². The molecule has 0 amide bonds. The maximum absolute atomic E-state index is 6.00. The molecule has 0 aliphatic heterocycles. The van der Waals surface area contributed by atoms with Gasteiger partial charge in [-0.15, -0.1) is 0 Å². The first-order valence-electron chi connectivity index (χ1n) is 6.46. The summed E-state index contributed by atoms with van der Waals surface area (Å²) in [5, 5.41) is 0.496. The van der Waals surface area contributed by atoms with Crippen LogP contribution in [-0.2, 0) is 4.74 Å². The molecule has 0 aliphatic carbocycles. The van der Waals surface area contributed by atoms with Crippen LogP contribution in [0.5, 0.6) is 5.75 Å². The molecule has 0 bridgehead atoms. The Labute approximate surface area is 124 Å². The van der Waals surface area contributed by atoms with E-state index in [0.29, 0.717) is 18.4 Å². The van der Waals surface area contributed by atoms with Crippen molar-refractivity contribution >= 4 is 11.6 Å². The summed E-state index contributed by atoms with van der Waals surface area (Å²) in [5.74, 6) is 0.829. The molecule has 3 nitrogen and oxygen atoms in total. The van der Waals surface area contributed by atoms with Crippen molar-refractivity contribution < 1.29 is 9.47 Å². The number of halogens is 1. The molecule has 2 rings (SSSR count). The number of hydrogen-bond donors (Lipinski definition) is 0. The molecule has 0 unspecified atom stereocenters. The van der Waals surface area contributed by atoms with Crippen LogP contribution >= 0.6 is 11.6 Å². The lowest BCUT2D eigenvalue weighted by Crippen LogP contribution is -2.04. The van der Waals surface area contributed by atoms with Gasteiger partial charge in [0.2, 0.25) is 0 Å². The van der Waals surface area contributed by atoms with E-state index in [1.54, 1.807) is 13.3 Å². The molecule has 1 aromatic heterocycles. The van der Waals surface area contributed by atoms with Crippen molar-refractivity contribution in [1.29, 1.82) is 0 Å². The predicted molar refractivity (Wildman–Crippen MR) is 81.5 cm³/mol. The van der Waals surface area contributed by atoms with Gasteiger partial charge in [-0.25, -0.2) is 4.98 Å². The van der Waals surface area contributed by atoms with Gasteiger partial charge in [0.05, 0.1) is 6.61 Å². The average Bonchev–Trinajstić information content (AvgIpc) is 2.44. The Balaban J connectivity index is 2.35. The van der Waals surface area contributed by atoms with Gasteiger partial charge in [-0.2, -0.15) is 0 Å². The molecular weight excluding hydrogens is 274 g/mol. The standard InChI is InChI=1S/C16H18ClNO2/c1-11-4-5-13(20-7-6-19-3)8-14(11)15-9-16(17)18-10-12(15)2/h4-5,8-10H,6-7H2,1-3H3. The minimum atomic E-state index is 0.496. The second-order valence-electron chi connectivity index (χ2n) is 4.64. The van der Waals surface area contributed by atoms with Gasteiger partial charge < -0.3 is 9.47 Å². The molecule has 1 heterocycles. The first-order valence-corrected chi connectivity index (χ1v) is 6.84. The van der Waals surface area contributed by atoms with Crippen LogP contribution in [0.15, 0.2) is 30.5 Å². The topological polar surface area (TPSA) is 31.4 Å². The Morgan fingerprint density at radius 3 is 2.55 bits per heavy atom. The van der Waals surface area contributed by atoms with Gasteiger partial charge in [0.25, 0.3) is 0 Å². The fourth-order valence-electron chi connectivity index (χ4n) is 2.01. The van der Waals surface area contributed by atoms with Crippen molar-refractivity contribution in [2.45, 2.75) is 13.8 Å². The van der Waals surface area contributed by atoms with Gasteiger partial charge in [0.15, 0.2) is 0 Å². The van der Waals surface area contributed by atoms with Crippen LogP contribution in [0.25, 0.3) is 11.1 Å². The SMILES string of the molecule is COCCOc1ccc(C)c(-c2cc(Cl)ncc2C)c1. The first kappa shape index (κ1) is 14.8. The summed E-state index contributed by atoms with van der Waals surface area (Å²) in [5.41, 5.74) is 4.46. The lowest BCUT2D eigenvalue weighted by molar-refractivity contribution is 0.146. The highest BCUT2D eigenvalue weighted by molar-refractivity contribution is 6.29. The van der Waals surface area contributed by atoms with E-state index < -0.39 is 0 Å². The zero-order chi connectivity index (χ0) is 14.5. The highest BCUT2D eigenvalue weighted by Gasteiger charge is 2.08. The molecule has 0 spiro atoms. The molecule has 1 aromatic carbocycles. The van der Waals surface area contributed by atoms with Gasteiger partial charge in [0.1, 0.15) is 17.5 Å². The fraction of sp³-hybridized carbons (Fsp3) is 0.312. The third-order valence-electron chi connectivity index (χ3n) is 3.13. The number of methoxy groups -OCH3 is 1. The number of aryl methyl sites for hydroxylation is 2. The van der Waals surface area contributed by atoms with Crippen LogP contribution in [0, 0.1) is 13.8 Å². The molecule has 20 heavy (non-hydrogen) atoms. The second-order valence-corrected chi connectivity index (χ2v) is 5.03. The minimum absolute atomic E-state index is 0.496. The summed E-state index contributed by atoms with van der Waals surface area (Å²) < 4.78 is 10.6. The number of aromatic nitrogens is 1. The Morgan fingerprint density at radius 2 is 1.80 bits per heavy atom. The number of ether oxygens (including phenoxy) is 2. The van der Waals surface area contributed by atoms with E-state index in [4.69, 9.17) is 21.1 Å². The Bertz CT molecular complexity index is 599. The third kappa shape index (κ3) is 3.50. The molecular formula is C16H18ClNO2. The van der Waals surface area contributed by atoms with Crippen LogP contribution in [0.1, 0.15) is 11.1 Å². The van der Waals surface area contributed by atoms with Gasteiger partial charge in [-0.05, 0) is 54.3 Å². The first-order chi connectivity index (χ1) is 9.61. The Hall–Kier alpha value is -1.58. The summed E-state index contributed by atoms with van der Waals surface area (Å²) in [6.07, 6.45) is 1.79. The van der Waals surface area contributed by atoms with Gasteiger partial charge in [0, 0.05) is 13.3 Å². The van der Waals surface area contributed by atoms with Crippen LogP contribution in [-0.4, -0.2) is 25.3 Å². The van der Waals surface area contributed by atoms with Crippen LogP contribution in [0.3, 0.4) is 0 Å². The van der Waals surface area contributed by atoms with E-state index >= 15 is 0 Å². The molecule has 0 atom stereocenters. The maximum Gasteiger partial charge on any atom is 0.129 e. The predicted octanol–water partition coefficient (Wildman–Crippen LogP) is 4.04. The maximum atomic E-state index is 6.00. The van der Waals surface area contributed by atoms with Gasteiger partial charge in [-0.3, -0.25) is 0 Å². The number of hydrogen-bond acceptors (Lipinski definition) is 3. The van der Waals surface area contributed by atoms with Crippen LogP contribution in [0.2, 0.25) is 5.15 Å². The molecule has 0 radical (unpaired) electrons. The van der Waals surface area contributed by atoms with Crippen molar-refractivity contribution in [2.24, 2.45) is 0 Å². The third-order valence-corrected chi connectivity index (χ3v) is 3.33. The Kier molecular flexibility index (Phi) is 4.99. The zero-order valence-corrected chi connectivity index (χ0v) is 12.7. The normalized spacial score (nSPS) is 10.6. The van der Waals surface area contributed by atoms with Crippen molar-refractivity contribution in [3.63, 3.8) is 0 Å². The highest BCUT2D eigenvalue weighted by atomic mass is 35.5. The lowest BCUT2D eigenvalue weighted by Gasteiger charge is -2.12. The number of pyridine rings is 1. The number of rotatable bonds is 5. The largest absolute Gasteiger partial charge is 0.491 e. The van der Waals surface area contributed by atoms with E-state index in [0.717, 1.165) is 22.4 Å². The molecule has 0 N–H and O–H groups in total. The Morgan fingerprint density at radius 1 is 1.05 bits per heavy atom. The summed E-state index contributed by atoms with van der Waals surface area (Å²) in [6, 6.07) is 7.93. The van der Waals surface area contributed by atoms with Gasteiger partial charge in [-0.1, -0.05) is 17.7 Å². The molecule has 0 fully saturated rings. The molecule has 2 aromatic rings. The summed E-state index contributed by atoms with van der Waals surface area (Å²) in [7, 11) is 1.66. The van der Waals surface area contributed by atoms with E-state index in [-0.39, 0.29) is 0 Å². The van der Waals surface area contributed by atoms with Crippen molar-refractivity contribution in [3.8, 4) is 16.9 Å². The summed E-state index contributed by atoms with van der Waals surface area (Å²) >= 11 is 6.00. The van der Waals surface area contributed by atoms with Crippen LogP contribution < -0.4 is 4.74 Å². The molecule has 0 aliphatic rings. The summed E-state index contributed by atoms with van der Waals surface area (Å²) in [6.45, 7) is 5.21. The van der Waals surface area contributed by atoms with Crippen molar-refractivity contribution in [3.05, 3.63) is 46.7 Å². The number of benzene rings is 1. The second kappa shape index (κ2) is 6.73. The quantitative estimate of drug-likeness (QED) is 0.615. The summed E-state index contributed by atoms with van der Waals surface area (Å²) in [4.78, 5) is 4.10. The van der Waals surface area contributed by atoms with E-state index in [1.165, 1.54) is 5.56 Å². The monoisotopic (exact) mass is 291 g/mol. The van der Waals surface area contributed by atoms with Crippen molar-refractivity contribution in [1.82, 2.24) is 4.98 Å². The highest BCUT2D eigenvalue weighted by Crippen LogP contribution is 2.31. The average molecular weight is 292 g/mol. The van der Waals surface area contributed by atoms with E-state index in [1.807, 2.05) is 31.2 Å². The number of nitrogens with zero attached hydrogens (tertiary/aromatic N) is 1. The zero-order valence-electron chi connectivity index (χ0n) is 11.9. The van der Waals surface area contributed by atoms with Crippen molar-refractivity contribution in [2.75, 3.05) is 20.3 Å². The smallest absolute Gasteiger partial charge is 0.129 e. The molecule has 0 saturated heterocycles. The van der Waals surface area contributed by atoms with Gasteiger partial charge >= 0.3 is 0 Å². The lowest BCUT2D eigenvalue weighted by atomic mass is 9.98. The molecule has 0 saturated carbocycles. The molecule has 4 heteroatoms. The minimum Gasteiger partial charge on any atom is -0.491 e. The van der Waals surface area contributed by atoms with E-state index in [9.17, 15) is 0 Å². The molecule has 106 valence electrons. The fourth-order valence-corrected chi connectivity index (χ4v) is 2.17.